The van der Waals surface area contributed by atoms with Gasteiger partial charge in [0.05, 0.1) is 33.0 Å². The van der Waals surface area contributed by atoms with Crippen LogP contribution < -0.4 is 10.3 Å². The molecule has 1 fully saturated rings. The maximum absolute atomic E-state index is 12.6. The van der Waals surface area contributed by atoms with Crippen molar-refractivity contribution in [3.8, 4) is 17.1 Å². The highest BCUT2D eigenvalue weighted by Gasteiger charge is 2.23. The van der Waals surface area contributed by atoms with Crippen molar-refractivity contribution in [2.45, 2.75) is 18.9 Å². The molecule has 4 heterocycles. The van der Waals surface area contributed by atoms with Gasteiger partial charge in [0.15, 0.2) is 5.69 Å². The Kier molecular flexibility index (Phi) is 5.14. The monoisotopic (exact) mass is 437 g/mol. The van der Waals surface area contributed by atoms with Crippen molar-refractivity contribution in [1.29, 1.82) is 0 Å². The summed E-state index contributed by atoms with van der Waals surface area (Å²) in [7, 11) is 0. The quantitative estimate of drug-likeness (QED) is 0.466. The van der Waals surface area contributed by atoms with Crippen molar-refractivity contribution in [2.24, 2.45) is 0 Å². The van der Waals surface area contributed by atoms with Gasteiger partial charge in [-0.3, -0.25) is 9.48 Å². The van der Waals surface area contributed by atoms with Crippen molar-refractivity contribution >= 4 is 27.9 Å². The third kappa shape index (κ3) is 3.66. The first-order valence-electron chi connectivity index (χ1n) is 9.88. The minimum Gasteiger partial charge on any atom is -0.363 e. The SMILES string of the molecule is O=c1ccn(C2CCN(c3ccc(Cl)s3)CC2)nc1-c1ccnn1-c1ccccc1. The molecule has 0 bridgehead atoms. The minimum atomic E-state index is -0.102. The van der Waals surface area contributed by atoms with Gasteiger partial charge in [0.1, 0.15) is 0 Å². The fourth-order valence-electron chi connectivity index (χ4n) is 3.88. The largest absolute Gasteiger partial charge is 0.363 e. The van der Waals surface area contributed by atoms with Crippen LogP contribution in [0.3, 0.4) is 0 Å². The molecule has 6 nitrogen and oxygen atoms in total. The molecule has 3 aromatic heterocycles. The Morgan fingerprint density at radius 3 is 2.53 bits per heavy atom. The zero-order valence-electron chi connectivity index (χ0n) is 16.2. The van der Waals surface area contributed by atoms with E-state index in [2.05, 4.69) is 16.1 Å². The van der Waals surface area contributed by atoms with E-state index in [4.69, 9.17) is 16.7 Å². The van der Waals surface area contributed by atoms with E-state index in [0.29, 0.717) is 11.4 Å². The van der Waals surface area contributed by atoms with Gasteiger partial charge < -0.3 is 4.90 Å². The molecule has 5 rings (SSSR count). The fraction of sp³-hybridized carbons (Fsp3) is 0.227. The first kappa shape index (κ1) is 19.1. The number of rotatable bonds is 4. The lowest BCUT2D eigenvalue weighted by atomic mass is 10.1. The molecule has 0 N–H and O–H groups in total. The Morgan fingerprint density at radius 2 is 1.80 bits per heavy atom. The second-order valence-corrected chi connectivity index (χ2v) is 8.96. The molecule has 4 aromatic rings. The number of hydrogen-bond acceptors (Lipinski definition) is 5. The highest BCUT2D eigenvalue weighted by molar-refractivity contribution is 7.19. The van der Waals surface area contributed by atoms with Gasteiger partial charge >= 0.3 is 0 Å². The Labute approximate surface area is 183 Å². The van der Waals surface area contributed by atoms with Crippen LogP contribution in [0.25, 0.3) is 17.1 Å². The number of nitrogens with zero attached hydrogens (tertiary/aromatic N) is 5. The molecule has 0 aliphatic carbocycles. The maximum Gasteiger partial charge on any atom is 0.209 e. The highest BCUT2D eigenvalue weighted by atomic mass is 35.5. The van der Waals surface area contributed by atoms with Crippen molar-refractivity contribution in [2.75, 3.05) is 18.0 Å². The van der Waals surface area contributed by atoms with E-state index >= 15 is 0 Å². The van der Waals surface area contributed by atoms with Gasteiger partial charge in [0.2, 0.25) is 5.43 Å². The van der Waals surface area contributed by atoms with E-state index < -0.39 is 0 Å². The van der Waals surface area contributed by atoms with Crippen LogP contribution in [-0.2, 0) is 0 Å². The van der Waals surface area contributed by atoms with E-state index in [1.54, 1.807) is 34.5 Å². The van der Waals surface area contributed by atoms with Crippen LogP contribution >= 0.6 is 22.9 Å². The third-order valence-corrected chi connectivity index (χ3v) is 6.71. The molecular formula is C22H20ClN5OS. The first-order valence-corrected chi connectivity index (χ1v) is 11.1. The number of benzene rings is 1. The third-order valence-electron chi connectivity index (χ3n) is 5.42. The predicted octanol–water partition coefficient (Wildman–Crippen LogP) is 4.65. The summed E-state index contributed by atoms with van der Waals surface area (Å²) >= 11 is 7.69. The number of aromatic nitrogens is 4. The lowest BCUT2D eigenvalue weighted by Gasteiger charge is -2.33. The molecule has 0 saturated carbocycles. The lowest BCUT2D eigenvalue weighted by Crippen LogP contribution is -2.35. The van der Waals surface area contributed by atoms with E-state index in [0.717, 1.165) is 36.0 Å². The number of halogens is 1. The van der Waals surface area contributed by atoms with Gasteiger partial charge in [0.25, 0.3) is 0 Å². The van der Waals surface area contributed by atoms with Gasteiger partial charge in [-0.15, -0.1) is 11.3 Å². The summed E-state index contributed by atoms with van der Waals surface area (Å²) in [5.41, 5.74) is 1.92. The average molecular weight is 438 g/mol. The zero-order chi connectivity index (χ0) is 20.5. The van der Waals surface area contributed by atoms with Crippen molar-refractivity contribution in [1.82, 2.24) is 19.6 Å². The van der Waals surface area contributed by atoms with Gasteiger partial charge in [-0.25, -0.2) is 4.68 Å². The van der Waals surface area contributed by atoms with Crippen LogP contribution in [0.15, 0.2) is 71.8 Å². The average Bonchev–Trinajstić information content (AvgIpc) is 3.44. The predicted molar refractivity (Wildman–Crippen MR) is 121 cm³/mol. The van der Waals surface area contributed by atoms with Crippen LogP contribution in [0.4, 0.5) is 5.00 Å². The molecule has 0 radical (unpaired) electrons. The summed E-state index contributed by atoms with van der Waals surface area (Å²) in [6, 6.07) is 17.5. The van der Waals surface area contributed by atoms with Gasteiger partial charge in [-0.2, -0.15) is 10.2 Å². The van der Waals surface area contributed by atoms with Crippen LogP contribution in [-0.4, -0.2) is 32.7 Å². The molecule has 30 heavy (non-hydrogen) atoms. The minimum absolute atomic E-state index is 0.102. The summed E-state index contributed by atoms with van der Waals surface area (Å²) in [4.78, 5) is 15.0. The molecule has 1 aliphatic rings. The number of piperidine rings is 1. The molecule has 8 heteroatoms. The Balaban J connectivity index is 1.41. The van der Waals surface area contributed by atoms with Crippen molar-refractivity contribution in [3.63, 3.8) is 0 Å². The van der Waals surface area contributed by atoms with Crippen LogP contribution in [0, 0.1) is 0 Å². The van der Waals surface area contributed by atoms with Gasteiger partial charge in [0, 0.05) is 25.4 Å². The van der Waals surface area contributed by atoms with Crippen LogP contribution in [0.5, 0.6) is 0 Å². The highest BCUT2D eigenvalue weighted by Crippen LogP contribution is 2.33. The molecule has 0 atom stereocenters. The van der Waals surface area contributed by atoms with E-state index in [1.807, 2.05) is 47.1 Å². The summed E-state index contributed by atoms with van der Waals surface area (Å²) in [5.74, 6) is 0. The summed E-state index contributed by atoms with van der Waals surface area (Å²) < 4.78 is 4.52. The van der Waals surface area contributed by atoms with Crippen LogP contribution in [0.2, 0.25) is 4.34 Å². The van der Waals surface area contributed by atoms with Crippen LogP contribution in [0.1, 0.15) is 18.9 Å². The second-order valence-electron chi connectivity index (χ2n) is 7.27. The molecule has 152 valence electrons. The normalized spacial score (nSPS) is 14.9. The molecule has 0 spiro atoms. The second kappa shape index (κ2) is 8.08. The molecule has 0 unspecified atom stereocenters. The van der Waals surface area contributed by atoms with E-state index in [9.17, 15) is 4.79 Å². The summed E-state index contributed by atoms with van der Waals surface area (Å²) in [5, 5.41) is 10.3. The first-order chi connectivity index (χ1) is 14.7. The Hall–Kier alpha value is -2.90. The summed E-state index contributed by atoms with van der Waals surface area (Å²) in [6.07, 6.45) is 5.42. The zero-order valence-corrected chi connectivity index (χ0v) is 17.8. The topological polar surface area (TPSA) is 56.0 Å². The Bertz CT molecular complexity index is 1210. The number of hydrogen-bond donors (Lipinski definition) is 0. The smallest absolute Gasteiger partial charge is 0.209 e. The maximum atomic E-state index is 12.6. The molecule has 1 saturated heterocycles. The number of para-hydroxylation sites is 1. The fourth-order valence-corrected chi connectivity index (χ4v) is 4.97. The molecule has 1 aromatic carbocycles. The van der Waals surface area contributed by atoms with E-state index in [-0.39, 0.29) is 11.5 Å². The summed E-state index contributed by atoms with van der Waals surface area (Å²) in [6.45, 7) is 1.87. The number of thiophene rings is 1. The lowest BCUT2D eigenvalue weighted by molar-refractivity contribution is 0.363. The molecular weight excluding hydrogens is 418 g/mol. The van der Waals surface area contributed by atoms with Gasteiger partial charge in [-0.05, 0) is 43.2 Å². The van der Waals surface area contributed by atoms with E-state index in [1.165, 1.54) is 5.00 Å². The standard InChI is InChI=1S/C22H20ClN5OS/c23-20-6-7-21(30-20)26-13-9-16(10-14-26)27-15-11-19(29)22(25-27)18-8-12-24-28(18)17-4-2-1-3-5-17/h1-8,11-12,15-16H,9-10,13-14H2. The Morgan fingerprint density at radius 1 is 1.00 bits per heavy atom. The number of anilines is 1. The van der Waals surface area contributed by atoms with Crippen molar-refractivity contribution in [3.05, 3.63) is 81.6 Å². The molecule has 0 amide bonds. The van der Waals surface area contributed by atoms with Gasteiger partial charge in [-0.1, -0.05) is 29.8 Å². The van der Waals surface area contributed by atoms with Crippen molar-refractivity contribution < 1.29 is 0 Å². The molecule has 1 aliphatic heterocycles.